The van der Waals surface area contributed by atoms with Gasteiger partial charge < -0.3 is 5.32 Å². The fourth-order valence-electron chi connectivity index (χ4n) is 2.46. The highest BCUT2D eigenvalue weighted by Crippen LogP contribution is 2.25. The van der Waals surface area contributed by atoms with Crippen LogP contribution in [0.15, 0.2) is 0 Å². The van der Waals surface area contributed by atoms with Crippen LogP contribution in [0.3, 0.4) is 0 Å². The van der Waals surface area contributed by atoms with E-state index in [2.05, 4.69) is 42.8 Å². The lowest BCUT2D eigenvalue weighted by Gasteiger charge is -2.13. The molecule has 1 aliphatic rings. The molecule has 1 aromatic heterocycles. The van der Waals surface area contributed by atoms with Gasteiger partial charge in [0.2, 0.25) is 0 Å². The van der Waals surface area contributed by atoms with E-state index in [0.29, 0.717) is 5.92 Å². The second-order valence-electron chi connectivity index (χ2n) is 4.98. The number of rotatable bonds is 5. The molecule has 1 fully saturated rings. The first-order valence-corrected chi connectivity index (χ1v) is 6.40. The summed E-state index contributed by atoms with van der Waals surface area (Å²) in [5.74, 6) is 0.570. The Morgan fingerprint density at radius 2 is 2.12 bits per heavy atom. The van der Waals surface area contributed by atoms with Crippen LogP contribution in [-0.2, 0) is 6.54 Å². The Labute approximate surface area is 98.2 Å². The first-order chi connectivity index (χ1) is 7.63. The van der Waals surface area contributed by atoms with Crippen LogP contribution in [0.25, 0.3) is 0 Å². The smallest absolute Gasteiger partial charge is 0.0631 e. The van der Waals surface area contributed by atoms with Gasteiger partial charge in [-0.3, -0.25) is 4.68 Å². The van der Waals surface area contributed by atoms with E-state index in [0.717, 1.165) is 19.1 Å². The number of nitrogens with one attached hydrogen (secondary N) is 1. The van der Waals surface area contributed by atoms with Crippen LogP contribution in [0.5, 0.6) is 0 Å². The summed E-state index contributed by atoms with van der Waals surface area (Å²) in [4.78, 5) is 0. The zero-order valence-corrected chi connectivity index (χ0v) is 10.9. The van der Waals surface area contributed by atoms with Crippen LogP contribution in [0, 0.1) is 13.8 Å². The molecular formula is C13H23N3. The van der Waals surface area contributed by atoms with Gasteiger partial charge in [-0.15, -0.1) is 0 Å². The molecule has 0 bridgehead atoms. The summed E-state index contributed by atoms with van der Waals surface area (Å²) in [6.45, 7) is 10.8. The van der Waals surface area contributed by atoms with Gasteiger partial charge in [0.25, 0.3) is 0 Å². The van der Waals surface area contributed by atoms with Gasteiger partial charge in [0.15, 0.2) is 0 Å². The van der Waals surface area contributed by atoms with Crippen molar-refractivity contribution in [2.75, 3.05) is 6.54 Å². The molecule has 0 spiro atoms. The molecule has 1 unspecified atom stereocenters. The van der Waals surface area contributed by atoms with E-state index >= 15 is 0 Å². The Morgan fingerprint density at radius 1 is 1.44 bits per heavy atom. The van der Waals surface area contributed by atoms with E-state index in [1.807, 2.05) is 0 Å². The minimum atomic E-state index is 0.570. The van der Waals surface area contributed by atoms with E-state index < -0.39 is 0 Å². The standard InChI is InChI=1S/C13H23N3/c1-5-16-11(4)13(10(3)15-16)9(2)8-14-12-6-7-12/h9,12,14H,5-8H2,1-4H3. The maximum absolute atomic E-state index is 4.58. The third-order valence-electron chi connectivity index (χ3n) is 3.52. The summed E-state index contributed by atoms with van der Waals surface area (Å²) in [6.07, 6.45) is 2.72. The average molecular weight is 221 g/mol. The number of aryl methyl sites for hydroxylation is 2. The average Bonchev–Trinajstić information content (AvgIpc) is 3.02. The molecule has 3 nitrogen and oxygen atoms in total. The number of aromatic nitrogens is 2. The Balaban J connectivity index is 2.07. The molecule has 0 amide bonds. The molecule has 2 rings (SSSR count). The van der Waals surface area contributed by atoms with Gasteiger partial charge in [0.1, 0.15) is 0 Å². The number of hydrogen-bond donors (Lipinski definition) is 1. The SMILES string of the molecule is CCn1nc(C)c(C(C)CNC2CC2)c1C. The fraction of sp³-hybridized carbons (Fsp3) is 0.769. The number of nitrogens with zero attached hydrogens (tertiary/aromatic N) is 2. The lowest BCUT2D eigenvalue weighted by molar-refractivity contribution is 0.602. The van der Waals surface area contributed by atoms with Gasteiger partial charge in [-0.05, 0) is 45.1 Å². The third-order valence-corrected chi connectivity index (χ3v) is 3.52. The highest BCUT2D eigenvalue weighted by atomic mass is 15.3. The molecule has 3 heteroatoms. The predicted octanol–water partition coefficient (Wildman–Crippen LogP) is 2.38. The molecule has 1 N–H and O–H groups in total. The third kappa shape index (κ3) is 2.29. The van der Waals surface area contributed by atoms with Gasteiger partial charge >= 0.3 is 0 Å². The topological polar surface area (TPSA) is 29.9 Å². The summed E-state index contributed by atoms with van der Waals surface area (Å²) in [6, 6.07) is 0.796. The Morgan fingerprint density at radius 3 is 2.62 bits per heavy atom. The minimum Gasteiger partial charge on any atom is -0.313 e. The lowest BCUT2D eigenvalue weighted by Crippen LogP contribution is -2.22. The van der Waals surface area contributed by atoms with Gasteiger partial charge in [-0.2, -0.15) is 5.10 Å². The molecule has 16 heavy (non-hydrogen) atoms. The molecule has 1 heterocycles. The lowest BCUT2D eigenvalue weighted by atomic mass is 9.99. The van der Waals surface area contributed by atoms with Crippen LogP contribution in [-0.4, -0.2) is 22.4 Å². The minimum absolute atomic E-state index is 0.570. The van der Waals surface area contributed by atoms with Gasteiger partial charge in [0, 0.05) is 24.8 Å². The Kier molecular flexibility index (Phi) is 3.33. The van der Waals surface area contributed by atoms with Crippen molar-refractivity contribution < 1.29 is 0 Å². The van der Waals surface area contributed by atoms with Crippen molar-refractivity contribution in [3.63, 3.8) is 0 Å². The summed E-state index contributed by atoms with van der Waals surface area (Å²) in [5, 5.41) is 8.18. The number of hydrogen-bond acceptors (Lipinski definition) is 2. The van der Waals surface area contributed by atoms with E-state index in [9.17, 15) is 0 Å². The second-order valence-corrected chi connectivity index (χ2v) is 4.98. The first kappa shape index (κ1) is 11.6. The predicted molar refractivity (Wildman–Crippen MR) is 66.8 cm³/mol. The van der Waals surface area contributed by atoms with E-state index in [-0.39, 0.29) is 0 Å². The van der Waals surface area contributed by atoms with Crippen LogP contribution in [0.2, 0.25) is 0 Å². The Bertz CT molecular complexity index is 363. The molecule has 0 aliphatic heterocycles. The second kappa shape index (κ2) is 4.58. The van der Waals surface area contributed by atoms with Crippen LogP contribution < -0.4 is 5.32 Å². The maximum atomic E-state index is 4.58. The van der Waals surface area contributed by atoms with Gasteiger partial charge in [-0.1, -0.05) is 6.92 Å². The molecule has 1 saturated carbocycles. The largest absolute Gasteiger partial charge is 0.313 e. The van der Waals surface area contributed by atoms with Crippen LogP contribution >= 0.6 is 0 Å². The van der Waals surface area contributed by atoms with Crippen molar-refractivity contribution in [2.45, 2.75) is 59.0 Å². The zero-order chi connectivity index (χ0) is 11.7. The van der Waals surface area contributed by atoms with Crippen molar-refractivity contribution in [3.05, 3.63) is 17.0 Å². The first-order valence-electron chi connectivity index (χ1n) is 6.40. The van der Waals surface area contributed by atoms with E-state index in [1.54, 1.807) is 0 Å². The molecule has 1 atom stereocenters. The van der Waals surface area contributed by atoms with Crippen molar-refractivity contribution in [3.8, 4) is 0 Å². The molecule has 0 radical (unpaired) electrons. The van der Waals surface area contributed by atoms with E-state index in [1.165, 1.54) is 29.8 Å². The Hall–Kier alpha value is -0.830. The molecule has 1 aromatic rings. The van der Waals surface area contributed by atoms with Gasteiger partial charge in [-0.25, -0.2) is 0 Å². The van der Waals surface area contributed by atoms with Crippen LogP contribution in [0.4, 0.5) is 0 Å². The van der Waals surface area contributed by atoms with Crippen molar-refractivity contribution in [1.29, 1.82) is 0 Å². The maximum Gasteiger partial charge on any atom is 0.0631 e. The summed E-state index contributed by atoms with van der Waals surface area (Å²) in [5.41, 5.74) is 3.98. The summed E-state index contributed by atoms with van der Waals surface area (Å²) in [7, 11) is 0. The monoisotopic (exact) mass is 221 g/mol. The van der Waals surface area contributed by atoms with Crippen molar-refractivity contribution in [1.82, 2.24) is 15.1 Å². The van der Waals surface area contributed by atoms with Crippen molar-refractivity contribution in [2.24, 2.45) is 0 Å². The zero-order valence-electron chi connectivity index (χ0n) is 10.9. The van der Waals surface area contributed by atoms with E-state index in [4.69, 9.17) is 0 Å². The molecule has 90 valence electrons. The molecule has 0 aromatic carbocycles. The summed E-state index contributed by atoms with van der Waals surface area (Å²) < 4.78 is 2.11. The van der Waals surface area contributed by atoms with Gasteiger partial charge in [0.05, 0.1) is 5.69 Å². The highest BCUT2D eigenvalue weighted by Gasteiger charge is 2.23. The normalized spacial score (nSPS) is 17.8. The van der Waals surface area contributed by atoms with Crippen molar-refractivity contribution >= 4 is 0 Å². The molecule has 0 saturated heterocycles. The quantitative estimate of drug-likeness (QED) is 0.827. The highest BCUT2D eigenvalue weighted by molar-refractivity contribution is 5.28. The fourth-order valence-corrected chi connectivity index (χ4v) is 2.46. The molecular weight excluding hydrogens is 198 g/mol. The summed E-state index contributed by atoms with van der Waals surface area (Å²) >= 11 is 0. The van der Waals surface area contributed by atoms with Crippen LogP contribution in [0.1, 0.15) is 49.6 Å². The molecule has 1 aliphatic carbocycles.